The van der Waals surface area contributed by atoms with Crippen LogP contribution < -0.4 is 0 Å². The second-order valence-electron chi connectivity index (χ2n) is 4.38. The maximum atomic E-state index is 12.4. The fourth-order valence-corrected chi connectivity index (χ4v) is 3.08. The fraction of sp³-hybridized carbons (Fsp3) is 0.385. The van der Waals surface area contributed by atoms with E-state index >= 15 is 0 Å². The van der Waals surface area contributed by atoms with Crippen molar-refractivity contribution in [3.63, 3.8) is 0 Å². The van der Waals surface area contributed by atoms with Crippen LogP contribution in [0.25, 0.3) is 0 Å². The summed E-state index contributed by atoms with van der Waals surface area (Å²) in [4.78, 5) is 4.10. The van der Waals surface area contributed by atoms with Crippen LogP contribution in [-0.4, -0.2) is 21.5 Å². The predicted octanol–water partition coefficient (Wildman–Crippen LogP) is 3.53. The summed E-state index contributed by atoms with van der Waals surface area (Å²) in [5, 5.41) is 4.48. The third-order valence-corrected chi connectivity index (χ3v) is 5.20. The molecule has 0 spiro atoms. The molecule has 2 aromatic rings. The lowest BCUT2D eigenvalue weighted by atomic mass is 10.2. The molecule has 0 aliphatic carbocycles. The van der Waals surface area contributed by atoms with Crippen molar-refractivity contribution in [2.24, 2.45) is 0 Å². The normalized spacial score (nSPS) is 14.1. The predicted molar refractivity (Wildman–Crippen MR) is 81.7 cm³/mol. The van der Waals surface area contributed by atoms with Crippen molar-refractivity contribution < 1.29 is 13.5 Å². The molecular formula is C13H14Cl2N2O3S. The van der Waals surface area contributed by atoms with Crippen LogP contribution >= 0.6 is 23.2 Å². The second-order valence-corrected chi connectivity index (χ2v) is 6.95. The zero-order chi connectivity index (χ0) is 15.4. The number of hydrogen-bond donors (Lipinski definition) is 0. The second kappa shape index (κ2) is 7.35. The SMILES string of the molecule is COCc1nc(CS(=O)C(C)c2ccc(Cl)c(Cl)c2)no1. The molecule has 2 rings (SSSR count). The van der Waals surface area contributed by atoms with Gasteiger partial charge in [-0.1, -0.05) is 34.4 Å². The van der Waals surface area contributed by atoms with Gasteiger partial charge in [0.1, 0.15) is 6.61 Å². The topological polar surface area (TPSA) is 65.2 Å². The Hall–Kier alpha value is -0.950. The van der Waals surface area contributed by atoms with Crippen LogP contribution in [0.3, 0.4) is 0 Å². The monoisotopic (exact) mass is 348 g/mol. The zero-order valence-electron chi connectivity index (χ0n) is 11.5. The molecule has 0 aliphatic rings. The van der Waals surface area contributed by atoms with Crippen LogP contribution in [0.15, 0.2) is 22.7 Å². The summed E-state index contributed by atoms with van der Waals surface area (Å²) in [6.45, 7) is 2.09. The average Bonchev–Trinajstić information content (AvgIpc) is 2.88. The van der Waals surface area contributed by atoms with E-state index in [2.05, 4.69) is 10.1 Å². The van der Waals surface area contributed by atoms with Gasteiger partial charge >= 0.3 is 0 Å². The third-order valence-electron chi connectivity index (χ3n) is 2.86. The van der Waals surface area contributed by atoms with Crippen molar-refractivity contribution in [1.29, 1.82) is 0 Å². The molecule has 2 unspecified atom stereocenters. The van der Waals surface area contributed by atoms with E-state index in [1.807, 2.05) is 13.0 Å². The van der Waals surface area contributed by atoms with Crippen molar-refractivity contribution in [3.05, 3.63) is 45.5 Å². The Morgan fingerprint density at radius 3 is 2.81 bits per heavy atom. The van der Waals surface area contributed by atoms with E-state index in [0.29, 0.717) is 21.8 Å². The van der Waals surface area contributed by atoms with E-state index in [4.69, 9.17) is 32.5 Å². The molecule has 21 heavy (non-hydrogen) atoms. The number of nitrogens with zero attached hydrogens (tertiary/aromatic N) is 2. The fourth-order valence-electron chi connectivity index (χ4n) is 1.70. The van der Waals surface area contributed by atoms with Gasteiger partial charge < -0.3 is 9.26 Å². The summed E-state index contributed by atoms with van der Waals surface area (Å²) < 4.78 is 22.2. The minimum Gasteiger partial charge on any atom is -0.375 e. The van der Waals surface area contributed by atoms with E-state index in [0.717, 1.165) is 5.56 Å². The minimum absolute atomic E-state index is 0.203. The molecular weight excluding hydrogens is 335 g/mol. The highest BCUT2D eigenvalue weighted by Gasteiger charge is 2.18. The largest absolute Gasteiger partial charge is 0.375 e. The summed E-state index contributed by atoms with van der Waals surface area (Å²) in [6.07, 6.45) is 0. The summed E-state index contributed by atoms with van der Waals surface area (Å²) in [5.41, 5.74) is 0.850. The third kappa shape index (κ3) is 4.26. The lowest BCUT2D eigenvalue weighted by molar-refractivity contribution is 0.151. The Bertz CT molecular complexity index is 648. The maximum Gasteiger partial charge on any atom is 0.252 e. The smallest absolute Gasteiger partial charge is 0.252 e. The van der Waals surface area contributed by atoms with Crippen LogP contribution in [0.4, 0.5) is 0 Å². The van der Waals surface area contributed by atoms with E-state index in [1.54, 1.807) is 12.1 Å². The molecule has 1 heterocycles. The Kier molecular flexibility index (Phi) is 5.75. The summed E-state index contributed by atoms with van der Waals surface area (Å²) in [5.74, 6) is 0.966. The Morgan fingerprint density at radius 2 is 2.14 bits per heavy atom. The van der Waals surface area contributed by atoms with E-state index in [-0.39, 0.29) is 17.6 Å². The van der Waals surface area contributed by atoms with Crippen LogP contribution in [-0.2, 0) is 27.9 Å². The number of halogens is 2. The lowest BCUT2D eigenvalue weighted by Crippen LogP contribution is -2.06. The first kappa shape index (κ1) is 16.4. The van der Waals surface area contributed by atoms with Gasteiger partial charge in [-0.3, -0.25) is 4.21 Å². The first-order valence-corrected chi connectivity index (χ1v) is 8.27. The van der Waals surface area contributed by atoms with Gasteiger partial charge in [-0.25, -0.2) is 0 Å². The Balaban J connectivity index is 2.06. The van der Waals surface area contributed by atoms with Gasteiger partial charge in [0.05, 0.1) is 21.0 Å². The quantitative estimate of drug-likeness (QED) is 0.798. The van der Waals surface area contributed by atoms with Crippen molar-refractivity contribution >= 4 is 34.0 Å². The highest BCUT2D eigenvalue weighted by Crippen LogP contribution is 2.28. The molecule has 114 valence electrons. The maximum absolute atomic E-state index is 12.4. The molecule has 1 aromatic heterocycles. The molecule has 5 nitrogen and oxygen atoms in total. The van der Waals surface area contributed by atoms with Gasteiger partial charge in [-0.15, -0.1) is 0 Å². The zero-order valence-corrected chi connectivity index (χ0v) is 13.8. The number of rotatable bonds is 6. The number of aromatic nitrogens is 2. The molecule has 2 atom stereocenters. The minimum atomic E-state index is -1.20. The lowest BCUT2D eigenvalue weighted by Gasteiger charge is -2.11. The molecule has 0 fully saturated rings. The first-order chi connectivity index (χ1) is 10.0. The van der Waals surface area contributed by atoms with Crippen LogP contribution in [0.2, 0.25) is 10.0 Å². The van der Waals surface area contributed by atoms with Gasteiger partial charge in [-0.05, 0) is 24.6 Å². The number of benzene rings is 1. The molecule has 0 aliphatic heterocycles. The molecule has 0 saturated heterocycles. The van der Waals surface area contributed by atoms with Gasteiger partial charge in [0.2, 0.25) is 0 Å². The van der Waals surface area contributed by atoms with Crippen molar-refractivity contribution in [2.45, 2.75) is 24.5 Å². The summed E-state index contributed by atoms with van der Waals surface area (Å²) in [7, 11) is 0.336. The molecule has 0 saturated carbocycles. The van der Waals surface area contributed by atoms with Gasteiger partial charge in [0.15, 0.2) is 5.82 Å². The van der Waals surface area contributed by atoms with Gasteiger partial charge in [0.25, 0.3) is 5.89 Å². The van der Waals surface area contributed by atoms with E-state index in [1.165, 1.54) is 7.11 Å². The highest BCUT2D eigenvalue weighted by atomic mass is 35.5. The van der Waals surface area contributed by atoms with E-state index in [9.17, 15) is 4.21 Å². The van der Waals surface area contributed by atoms with Crippen LogP contribution in [0.5, 0.6) is 0 Å². The Labute approximate surface area is 135 Å². The standard InChI is InChI=1S/C13H14Cl2N2O3S/c1-8(9-3-4-10(14)11(15)5-9)21(18)7-12-16-13(6-19-2)20-17-12/h3-5,8H,6-7H2,1-2H3. The van der Waals surface area contributed by atoms with E-state index < -0.39 is 10.8 Å². The Morgan fingerprint density at radius 1 is 1.38 bits per heavy atom. The van der Waals surface area contributed by atoms with Crippen molar-refractivity contribution in [2.75, 3.05) is 7.11 Å². The average molecular weight is 349 g/mol. The van der Waals surface area contributed by atoms with Gasteiger partial charge in [0, 0.05) is 17.9 Å². The highest BCUT2D eigenvalue weighted by molar-refractivity contribution is 7.84. The summed E-state index contributed by atoms with van der Waals surface area (Å²) in [6, 6.07) is 5.22. The van der Waals surface area contributed by atoms with Gasteiger partial charge in [-0.2, -0.15) is 4.98 Å². The summed E-state index contributed by atoms with van der Waals surface area (Å²) >= 11 is 11.9. The number of hydrogen-bond acceptors (Lipinski definition) is 5. The van der Waals surface area contributed by atoms with Crippen LogP contribution in [0, 0.1) is 0 Å². The molecule has 0 amide bonds. The molecule has 0 N–H and O–H groups in total. The molecule has 0 radical (unpaired) electrons. The molecule has 0 bridgehead atoms. The van der Waals surface area contributed by atoms with Crippen LogP contribution in [0.1, 0.15) is 29.5 Å². The van der Waals surface area contributed by atoms with Crippen molar-refractivity contribution in [1.82, 2.24) is 10.1 Å². The molecule has 8 heteroatoms. The number of ether oxygens (including phenoxy) is 1. The number of methoxy groups -OCH3 is 1. The molecule has 1 aromatic carbocycles. The van der Waals surface area contributed by atoms with Crippen molar-refractivity contribution in [3.8, 4) is 0 Å². The first-order valence-electron chi connectivity index (χ1n) is 6.13.